The van der Waals surface area contributed by atoms with Crippen LogP contribution in [0.4, 0.5) is 11.4 Å². The smallest absolute Gasteiger partial charge is 0.269 e. The Bertz CT molecular complexity index is 508. The molecule has 0 spiro atoms. The molecule has 0 radical (unpaired) electrons. The van der Waals surface area contributed by atoms with Crippen LogP contribution in [0.15, 0.2) is 18.2 Å². The van der Waals surface area contributed by atoms with Crippen molar-refractivity contribution in [2.45, 2.75) is 32.4 Å². The van der Waals surface area contributed by atoms with Crippen molar-refractivity contribution in [3.63, 3.8) is 0 Å². The third-order valence-electron chi connectivity index (χ3n) is 3.82. The van der Waals surface area contributed by atoms with Crippen molar-refractivity contribution in [3.05, 3.63) is 33.9 Å². The summed E-state index contributed by atoms with van der Waals surface area (Å²) >= 11 is 0. The molecule has 0 saturated carbocycles. The quantitative estimate of drug-likeness (QED) is 0.587. The first-order valence-electron chi connectivity index (χ1n) is 6.26. The summed E-state index contributed by atoms with van der Waals surface area (Å²) in [6.45, 7) is 3.99. The van der Waals surface area contributed by atoms with E-state index in [1.807, 2.05) is 13.8 Å². The second-order valence-corrected chi connectivity index (χ2v) is 5.71. The zero-order chi connectivity index (χ0) is 14.2. The van der Waals surface area contributed by atoms with E-state index in [0.717, 1.165) is 11.3 Å². The van der Waals surface area contributed by atoms with Crippen molar-refractivity contribution in [1.29, 1.82) is 0 Å². The average molecular weight is 302 g/mol. The number of hydrogen-bond donors (Lipinski definition) is 3. The minimum absolute atomic E-state index is 0. The van der Waals surface area contributed by atoms with Crippen LogP contribution in [0.3, 0.4) is 0 Å². The van der Waals surface area contributed by atoms with Gasteiger partial charge in [-0.15, -0.1) is 12.4 Å². The largest absolute Gasteiger partial charge is 0.396 e. The highest BCUT2D eigenvalue weighted by atomic mass is 35.5. The predicted molar refractivity (Wildman–Crippen MR) is 80.2 cm³/mol. The summed E-state index contributed by atoms with van der Waals surface area (Å²) in [6, 6.07) is 4.46. The maximum atomic E-state index is 10.8. The molecule has 1 aliphatic rings. The van der Waals surface area contributed by atoms with Crippen LogP contribution in [0.1, 0.15) is 31.9 Å². The zero-order valence-electron chi connectivity index (χ0n) is 11.5. The van der Waals surface area contributed by atoms with E-state index in [9.17, 15) is 15.2 Å². The number of halogens is 1. The minimum atomic E-state index is -0.420. The Morgan fingerprint density at radius 2 is 2.20 bits per heavy atom. The molecule has 0 aromatic heterocycles. The van der Waals surface area contributed by atoms with Gasteiger partial charge in [0.1, 0.15) is 0 Å². The SMILES string of the molecule is CC(C)(CO)[C@@H]1C[C@H](N)c2cc([N+](=O)[O-])ccc2N1.Cl. The van der Waals surface area contributed by atoms with Crippen LogP contribution in [0.25, 0.3) is 0 Å². The predicted octanol–water partition coefficient (Wildman–Crippen LogP) is 2.22. The Hall–Kier alpha value is -1.37. The Balaban J connectivity index is 0.00000200. The highest BCUT2D eigenvalue weighted by Crippen LogP contribution is 2.38. The number of nitro benzene ring substituents is 1. The molecule has 1 heterocycles. The molecule has 0 saturated heterocycles. The minimum Gasteiger partial charge on any atom is -0.396 e. The third-order valence-corrected chi connectivity index (χ3v) is 3.82. The van der Waals surface area contributed by atoms with Gasteiger partial charge >= 0.3 is 0 Å². The standard InChI is InChI=1S/C13H19N3O3.ClH/c1-13(2,7-17)12-6-10(14)9-5-8(16(18)19)3-4-11(9)15-12;/h3-5,10,12,15,17H,6-7,14H2,1-2H3;1H/t10-,12-;/m0./s1. The summed E-state index contributed by atoms with van der Waals surface area (Å²) in [6.07, 6.45) is 0.641. The average Bonchev–Trinajstić information content (AvgIpc) is 2.38. The molecule has 20 heavy (non-hydrogen) atoms. The van der Waals surface area contributed by atoms with E-state index in [1.54, 1.807) is 6.07 Å². The van der Waals surface area contributed by atoms with Crippen molar-refractivity contribution < 1.29 is 10.0 Å². The lowest BCUT2D eigenvalue weighted by Gasteiger charge is -2.40. The number of nitrogens with zero attached hydrogens (tertiary/aromatic N) is 1. The van der Waals surface area contributed by atoms with Crippen LogP contribution in [0.2, 0.25) is 0 Å². The second kappa shape index (κ2) is 5.95. The van der Waals surface area contributed by atoms with Crippen molar-refractivity contribution in [3.8, 4) is 0 Å². The second-order valence-electron chi connectivity index (χ2n) is 5.71. The molecule has 0 unspecified atom stereocenters. The number of anilines is 1. The Morgan fingerprint density at radius 3 is 2.75 bits per heavy atom. The summed E-state index contributed by atoms with van der Waals surface area (Å²) in [5, 5.41) is 23.5. The number of nitro groups is 1. The first-order chi connectivity index (χ1) is 8.85. The molecule has 6 nitrogen and oxygen atoms in total. The van der Waals surface area contributed by atoms with E-state index in [2.05, 4.69) is 5.32 Å². The number of nitrogens with two attached hydrogens (primary N) is 1. The lowest BCUT2D eigenvalue weighted by atomic mass is 9.78. The lowest BCUT2D eigenvalue weighted by molar-refractivity contribution is -0.384. The molecule has 1 aromatic carbocycles. The lowest BCUT2D eigenvalue weighted by Crippen LogP contribution is -2.44. The van der Waals surface area contributed by atoms with Gasteiger partial charge in [0.15, 0.2) is 0 Å². The van der Waals surface area contributed by atoms with Crippen molar-refractivity contribution in [1.82, 2.24) is 0 Å². The third kappa shape index (κ3) is 3.03. The highest BCUT2D eigenvalue weighted by molar-refractivity contribution is 5.85. The van der Waals surface area contributed by atoms with Gasteiger partial charge < -0.3 is 16.2 Å². The maximum absolute atomic E-state index is 10.8. The summed E-state index contributed by atoms with van der Waals surface area (Å²) in [7, 11) is 0. The number of aliphatic hydroxyl groups excluding tert-OH is 1. The molecular formula is C13H20ClN3O3. The fourth-order valence-corrected chi connectivity index (χ4v) is 2.35. The van der Waals surface area contributed by atoms with Crippen LogP contribution >= 0.6 is 12.4 Å². The zero-order valence-corrected chi connectivity index (χ0v) is 12.3. The molecular weight excluding hydrogens is 282 g/mol. The van der Waals surface area contributed by atoms with E-state index in [0.29, 0.717) is 6.42 Å². The van der Waals surface area contributed by atoms with Gasteiger partial charge in [-0.05, 0) is 18.1 Å². The van der Waals surface area contributed by atoms with E-state index in [1.165, 1.54) is 12.1 Å². The van der Waals surface area contributed by atoms with Gasteiger partial charge in [-0.1, -0.05) is 13.8 Å². The summed E-state index contributed by atoms with van der Waals surface area (Å²) in [5.74, 6) is 0. The maximum Gasteiger partial charge on any atom is 0.269 e. The van der Waals surface area contributed by atoms with E-state index >= 15 is 0 Å². The van der Waals surface area contributed by atoms with Gasteiger partial charge in [-0.2, -0.15) is 0 Å². The van der Waals surface area contributed by atoms with Crippen LogP contribution in [-0.4, -0.2) is 22.7 Å². The summed E-state index contributed by atoms with van der Waals surface area (Å²) in [4.78, 5) is 10.4. The van der Waals surface area contributed by atoms with Gasteiger partial charge in [-0.25, -0.2) is 0 Å². The first kappa shape index (κ1) is 16.7. The topological polar surface area (TPSA) is 101 Å². The molecule has 0 bridgehead atoms. The van der Waals surface area contributed by atoms with Gasteiger partial charge in [0, 0.05) is 35.3 Å². The van der Waals surface area contributed by atoms with E-state index in [-0.39, 0.29) is 42.2 Å². The number of nitrogens with one attached hydrogen (secondary N) is 1. The Morgan fingerprint density at radius 1 is 1.55 bits per heavy atom. The van der Waals surface area contributed by atoms with Gasteiger partial charge in [0.25, 0.3) is 5.69 Å². The van der Waals surface area contributed by atoms with Gasteiger partial charge in [-0.3, -0.25) is 10.1 Å². The van der Waals surface area contributed by atoms with Crippen LogP contribution in [0.5, 0.6) is 0 Å². The van der Waals surface area contributed by atoms with Crippen molar-refractivity contribution in [2.75, 3.05) is 11.9 Å². The number of benzene rings is 1. The number of fused-ring (bicyclic) bond motifs is 1. The Kier molecular flexibility index (Phi) is 4.96. The molecule has 112 valence electrons. The number of hydrogen-bond acceptors (Lipinski definition) is 5. The first-order valence-corrected chi connectivity index (χ1v) is 6.26. The highest BCUT2D eigenvalue weighted by Gasteiger charge is 2.35. The van der Waals surface area contributed by atoms with Gasteiger partial charge in [0.2, 0.25) is 0 Å². The molecule has 4 N–H and O–H groups in total. The normalized spacial score (nSPS) is 21.4. The molecule has 7 heteroatoms. The Labute approximate surface area is 123 Å². The molecule has 0 amide bonds. The molecule has 0 aliphatic carbocycles. The van der Waals surface area contributed by atoms with Crippen molar-refractivity contribution >= 4 is 23.8 Å². The van der Waals surface area contributed by atoms with Crippen LogP contribution < -0.4 is 11.1 Å². The van der Waals surface area contributed by atoms with Crippen molar-refractivity contribution in [2.24, 2.45) is 11.1 Å². The molecule has 2 atom stereocenters. The van der Waals surface area contributed by atoms with Crippen LogP contribution in [0, 0.1) is 15.5 Å². The fraction of sp³-hybridized carbons (Fsp3) is 0.538. The fourth-order valence-electron chi connectivity index (χ4n) is 2.35. The molecule has 1 aromatic rings. The molecule has 1 aliphatic heterocycles. The molecule has 2 rings (SSSR count). The van der Waals surface area contributed by atoms with Gasteiger partial charge in [0.05, 0.1) is 11.5 Å². The summed E-state index contributed by atoms with van der Waals surface area (Å²) < 4.78 is 0. The van der Waals surface area contributed by atoms with E-state index in [4.69, 9.17) is 5.73 Å². The van der Waals surface area contributed by atoms with E-state index < -0.39 is 4.92 Å². The number of aliphatic hydroxyl groups is 1. The van der Waals surface area contributed by atoms with Crippen LogP contribution in [-0.2, 0) is 0 Å². The monoisotopic (exact) mass is 301 g/mol. The molecule has 0 fully saturated rings. The number of rotatable bonds is 3. The number of non-ortho nitro benzene ring substituents is 1. The summed E-state index contributed by atoms with van der Waals surface area (Å²) in [5.41, 5.74) is 7.45.